The number of allylic oxidation sites excluding steroid dienone is 1. The quantitative estimate of drug-likeness (QED) is 0.0325. The Morgan fingerprint density at radius 2 is 0.703 bits per heavy atom. The van der Waals surface area contributed by atoms with E-state index in [-0.39, 0.29) is 100 Å². The number of nitrogens with one attached hydrogen (secondary N) is 13. The molecule has 111 heavy (non-hydrogen) atoms. The van der Waals surface area contributed by atoms with Crippen LogP contribution in [0.25, 0.3) is 0 Å². The van der Waals surface area contributed by atoms with Gasteiger partial charge in [0.1, 0.15) is 84.0 Å². The van der Waals surface area contributed by atoms with Gasteiger partial charge in [-0.1, -0.05) is 156 Å². The molecule has 32 heteroatoms. The van der Waals surface area contributed by atoms with Crippen LogP contribution >= 0.6 is 0 Å². The molecule has 632 valence electrons. The Morgan fingerprint density at radius 1 is 0.378 bits per heavy atom. The lowest BCUT2D eigenvalue weighted by Gasteiger charge is -2.32. The van der Waals surface area contributed by atoms with Crippen LogP contribution in [-0.4, -0.2) is 197 Å². The summed E-state index contributed by atoms with van der Waals surface area (Å²) < 4.78 is 0. The Bertz CT molecular complexity index is 3150. The van der Waals surface area contributed by atoms with E-state index in [1.54, 1.807) is 95.2 Å². The number of rotatable bonds is 53. The minimum atomic E-state index is -1.40. The highest BCUT2D eigenvalue weighted by Gasteiger charge is 2.40. The fourth-order valence-corrected chi connectivity index (χ4v) is 11.9. The molecule has 0 aromatic heterocycles. The van der Waals surface area contributed by atoms with E-state index >= 15 is 0 Å². The van der Waals surface area contributed by atoms with Gasteiger partial charge in [0.2, 0.25) is 65.0 Å². The number of nitrogens with two attached hydrogens (primary N) is 3. The summed E-state index contributed by atoms with van der Waals surface area (Å²) >= 11 is 0. The van der Waals surface area contributed by atoms with Crippen molar-refractivity contribution in [1.29, 1.82) is 0 Å². The number of unbranched alkanes of at least 4 members (excludes halogenated alkanes) is 2. The lowest BCUT2D eigenvalue weighted by Crippen LogP contribution is -2.63. The van der Waals surface area contributed by atoms with Crippen LogP contribution < -0.4 is 86.3 Å². The van der Waals surface area contributed by atoms with Crippen molar-refractivity contribution >= 4 is 76.8 Å². The molecule has 0 aliphatic heterocycles. The number of aliphatic hydroxyl groups excluding tert-OH is 2. The maximum atomic E-state index is 14.7. The van der Waals surface area contributed by atoms with Crippen LogP contribution in [0, 0.1) is 53.3 Å². The van der Waals surface area contributed by atoms with Gasteiger partial charge in [0.05, 0.1) is 12.6 Å². The molecule has 0 fully saturated rings. The summed E-state index contributed by atoms with van der Waals surface area (Å²) in [5.74, 6) is -13.7. The highest BCUT2D eigenvalue weighted by molar-refractivity contribution is 6.02. The molecule has 0 aliphatic rings. The van der Waals surface area contributed by atoms with E-state index in [1.807, 2.05) is 41.5 Å². The zero-order valence-corrected chi connectivity index (χ0v) is 69.5. The number of phenolic OH excluding ortho intramolecular Hbond substituents is 1. The third kappa shape index (κ3) is 35.9. The van der Waals surface area contributed by atoms with Crippen molar-refractivity contribution in [3.05, 3.63) is 41.6 Å². The number of hydrogen-bond donors (Lipinski definition) is 19. The number of carbonyl (C=O) groups is 13. The van der Waals surface area contributed by atoms with Crippen molar-refractivity contribution in [1.82, 2.24) is 69.1 Å². The molecule has 1 aromatic rings. The van der Waals surface area contributed by atoms with E-state index in [4.69, 9.17) is 17.2 Å². The molecule has 0 radical (unpaired) electrons. The molecule has 1 rings (SSSR count). The number of aromatic hydroxyl groups is 1. The van der Waals surface area contributed by atoms with E-state index in [0.717, 1.165) is 0 Å². The Balaban J connectivity index is 3.63. The first kappa shape index (κ1) is 101. The maximum absolute atomic E-state index is 14.7. The minimum absolute atomic E-state index is 0.0178. The Kier molecular flexibility index (Phi) is 47.2. The number of aliphatic hydroxyl groups is 2. The largest absolute Gasteiger partial charge is 0.508 e. The summed E-state index contributed by atoms with van der Waals surface area (Å²) in [4.78, 5) is 185. The van der Waals surface area contributed by atoms with Crippen LogP contribution in [0.3, 0.4) is 0 Å². The normalized spacial score (nSPS) is 15.9. The third-order valence-electron chi connectivity index (χ3n) is 19.5. The molecule has 0 bridgehead atoms. The number of hydrogen-bond acceptors (Lipinski definition) is 19. The van der Waals surface area contributed by atoms with E-state index in [0.29, 0.717) is 44.1 Å². The summed E-state index contributed by atoms with van der Waals surface area (Å²) in [5, 5.41) is 66.2. The van der Waals surface area contributed by atoms with E-state index in [2.05, 4.69) is 69.1 Å². The first-order chi connectivity index (χ1) is 52.1. The summed E-state index contributed by atoms with van der Waals surface area (Å²) in [6.07, 6.45) is 2.85. The Morgan fingerprint density at radius 3 is 1.09 bits per heavy atom. The van der Waals surface area contributed by atoms with Gasteiger partial charge in [-0.25, -0.2) is 0 Å². The van der Waals surface area contributed by atoms with Crippen molar-refractivity contribution in [2.24, 2.45) is 70.5 Å². The fourth-order valence-electron chi connectivity index (χ4n) is 11.9. The first-order valence-electron chi connectivity index (χ1n) is 39.9. The van der Waals surface area contributed by atoms with Gasteiger partial charge >= 0.3 is 0 Å². The van der Waals surface area contributed by atoms with Gasteiger partial charge in [-0.05, 0) is 162 Å². The fraction of sp³-hybridized carbons (Fsp3) is 0.734. The van der Waals surface area contributed by atoms with Gasteiger partial charge < -0.3 is 102 Å². The lowest BCUT2D eigenvalue weighted by atomic mass is 9.95. The SMILES string of the molecule is C/C=C(/NC(=O)[C@@H](O)[C@@H](C)CC)C(=O)N[C@H](C(=O)N[C@H](CCCN)C(=O)N[C@H](C(=O)N[C@H](C(=O)N[C@H](C(=O)NC(CCCCN)C(=O)N[C@H](C(=O)NC(CC(C)C)C(=O)NC(CCCCN)C(=O)N[C@H](Cc1ccc(O)cc1)C(=O)NC(CC(C)C)C(=O)N[C@H](CO)C(C)C)C(C)C)C(C)C)C(C)C)[C@@H](C)CC)C(C)C. The number of amides is 13. The summed E-state index contributed by atoms with van der Waals surface area (Å²) in [6.45, 7) is 33.1. The van der Waals surface area contributed by atoms with E-state index in [9.17, 15) is 77.6 Å². The monoisotopic (exact) mass is 1570 g/mol. The molecule has 32 nitrogen and oxygen atoms in total. The Hall–Kier alpha value is -8.33. The summed E-state index contributed by atoms with van der Waals surface area (Å²) in [5.41, 5.74) is 18.0. The summed E-state index contributed by atoms with van der Waals surface area (Å²) in [7, 11) is 0. The molecule has 4 unspecified atom stereocenters. The van der Waals surface area contributed by atoms with Gasteiger partial charge in [0.25, 0.3) is 11.8 Å². The van der Waals surface area contributed by atoms with Crippen LogP contribution in [0.2, 0.25) is 0 Å². The van der Waals surface area contributed by atoms with E-state index in [1.165, 1.54) is 25.1 Å². The lowest BCUT2D eigenvalue weighted by molar-refractivity contribution is -0.137. The smallest absolute Gasteiger partial charge is 0.268 e. The summed E-state index contributed by atoms with van der Waals surface area (Å²) in [6, 6.07) is -8.67. The number of carbonyl (C=O) groups excluding carboxylic acids is 13. The zero-order chi connectivity index (χ0) is 84.7. The molecule has 1 aromatic carbocycles. The van der Waals surface area contributed by atoms with Crippen molar-refractivity contribution in [2.75, 3.05) is 26.2 Å². The van der Waals surface area contributed by atoms with Crippen molar-refractivity contribution in [3.63, 3.8) is 0 Å². The van der Waals surface area contributed by atoms with Crippen molar-refractivity contribution in [2.45, 2.75) is 294 Å². The first-order valence-corrected chi connectivity index (χ1v) is 39.9. The molecule has 0 heterocycles. The predicted molar refractivity (Wildman–Crippen MR) is 426 cm³/mol. The van der Waals surface area contributed by atoms with Gasteiger partial charge in [0, 0.05) is 6.42 Å². The molecule has 15 atom stereocenters. The van der Waals surface area contributed by atoms with Gasteiger partial charge in [-0.15, -0.1) is 0 Å². The van der Waals surface area contributed by atoms with Crippen molar-refractivity contribution in [3.8, 4) is 5.75 Å². The highest BCUT2D eigenvalue weighted by atomic mass is 16.3. The van der Waals surface area contributed by atoms with Crippen LogP contribution in [0.4, 0.5) is 0 Å². The molecule has 0 aliphatic carbocycles. The van der Waals surface area contributed by atoms with Crippen LogP contribution in [-0.2, 0) is 68.7 Å². The number of phenols is 1. The molecule has 22 N–H and O–H groups in total. The van der Waals surface area contributed by atoms with E-state index < -0.39 is 191 Å². The molecular weight excluding hydrogens is 1430 g/mol. The topological polar surface area (TPSA) is 517 Å². The van der Waals surface area contributed by atoms with Gasteiger partial charge in [-0.2, -0.15) is 0 Å². The molecule has 13 amide bonds. The second kappa shape index (κ2) is 52.1. The number of benzene rings is 1. The standard InChI is InChI=1S/C79H140N16O16/c1-20-49(18)65(95-70(102)56(30-27-37-82)86-74(106)61(45(10)11)91-67(99)53(22-3)83-79(111)66(98)50(19)21-2)78(110)94-64(48(16)17)77(109)93-63(47(14)15)75(107)85-55(29-24-26-36-81)69(101)92-62(46(12)13)76(108)89-58(39-43(6)7)71(103)84-54(28-23-25-35-80)68(100)88-59(40-51-31-33-52(97)34-32-51)73(105)87-57(38-42(4)5)72(104)90-60(41-96)44(8)9/h22,31-34,42-50,54-66,96-98H,20-21,23-30,35-41,80-82H2,1-19H3,(H,83,111)(H,84,103)(H,85,107)(H,86,106)(H,87,105)(H,88,100)(H,89,108)(H,90,104)(H,91,99)(H,92,101)(H,93,109)(H,94,110)(H,95,102)/b53-22+/t49-,50-,54?,55?,56+,57?,58?,59+,60+,61-,62-,63-,64-,65-,66-/m0/s1. The maximum Gasteiger partial charge on any atom is 0.268 e. The van der Waals surface area contributed by atoms with Gasteiger partial charge in [-0.3, -0.25) is 62.3 Å². The minimum Gasteiger partial charge on any atom is -0.508 e. The average Bonchev–Trinajstić information content (AvgIpc) is 0.845. The molecule has 0 saturated carbocycles. The van der Waals surface area contributed by atoms with Gasteiger partial charge in [0.15, 0.2) is 0 Å². The van der Waals surface area contributed by atoms with Crippen molar-refractivity contribution < 1.29 is 77.6 Å². The highest BCUT2D eigenvalue weighted by Crippen LogP contribution is 2.19. The molecule has 0 spiro atoms. The molecule has 0 saturated heterocycles. The van der Waals surface area contributed by atoms with Crippen LogP contribution in [0.1, 0.15) is 214 Å². The Labute approximate surface area is 658 Å². The molecular formula is C79H140N16O16. The average molecular weight is 1570 g/mol. The second-order valence-corrected chi connectivity index (χ2v) is 31.8. The van der Waals surface area contributed by atoms with Crippen LogP contribution in [0.5, 0.6) is 5.75 Å². The predicted octanol–water partition coefficient (Wildman–Crippen LogP) is 1.59. The second-order valence-electron chi connectivity index (χ2n) is 31.8. The third-order valence-corrected chi connectivity index (χ3v) is 19.5. The van der Waals surface area contributed by atoms with Crippen LogP contribution in [0.15, 0.2) is 36.0 Å². The zero-order valence-electron chi connectivity index (χ0n) is 69.5.